The first-order valence-electron chi connectivity index (χ1n) is 5.00. The Labute approximate surface area is 90.7 Å². The lowest BCUT2D eigenvalue weighted by Crippen LogP contribution is -2.10. The highest BCUT2D eigenvalue weighted by molar-refractivity contribution is 5.81. The topological polar surface area (TPSA) is 75.2 Å². The Balaban J connectivity index is 2.40. The van der Waals surface area contributed by atoms with E-state index < -0.39 is 6.10 Å². The number of hydrogen-bond acceptors (Lipinski definition) is 4. The molecular weight excluding hydrogens is 208 g/mol. The molecule has 0 saturated heterocycles. The van der Waals surface area contributed by atoms with Crippen LogP contribution >= 0.6 is 0 Å². The molecule has 2 heterocycles. The summed E-state index contributed by atoms with van der Waals surface area (Å²) < 4.78 is 5.30. The van der Waals surface area contributed by atoms with Crippen molar-refractivity contribution in [3.8, 4) is 5.75 Å². The van der Waals surface area contributed by atoms with E-state index >= 15 is 0 Å². The highest BCUT2D eigenvalue weighted by atomic mass is 16.5. The number of aryl methyl sites for hydroxylation is 1. The van der Waals surface area contributed by atoms with Crippen molar-refractivity contribution in [2.75, 3.05) is 6.61 Å². The number of aromatic amines is 1. The van der Waals surface area contributed by atoms with Gasteiger partial charge in [0.15, 0.2) is 0 Å². The highest BCUT2D eigenvalue weighted by Gasteiger charge is 2.23. The normalized spacial score (nSPS) is 18.5. The molecule has 1 aromatic carbocycles. The Kier molecular flexibility index (Phi) is 1.79. The van der Waals surface area contributed by atoms with E-state index in [0.29, 0.717) is 28.0 Å². The number of nitrogens with one attached hydrogen (secondary N) is 1. The van der Waals surface area contributed by atoms with Crippen LogP contribution in [0, 0.1) is 6.92 Å². The molecule has 5 heteroatoms. The predicted octanol–water partition coefficient (Wildman–Crippen LogP) is 0.657. The lowest BCUT2D eigenvalue weighted by Gasteiger charge is -2.03. The number of aliphatic hydroxyl groups excluding tert-OH is 1. The third-order valence-corrected chi connectivity index (χ3v) is 2.71. The number of nitrogens with zero attached hydrogens (tertiary/aromatic N) is 1. The summed E-state index contributed by atoms with van der Waals surface area (Å²) in [5, 5.41) is 10.1. The molecule has 0 bridgehead atoms. The number of aliphatic hydroxyl groups is 1. The maximum atomic E-state index is 11.7. The number of hydrogen-bond donors (Lipinski definition) is 2. The van der Waals surface area contributed by atoms with Crippen LogP contribution in [0.25, 0.3) is 10.9 Å². The molecule has 1 aromatic heterocycles. The molecule has 5 nitrogen and oxygen atoms in total. The number of benzene rings is 1. The van der Waals surface area contributed by atoms with Gasteiger partial charge in [0.25, 0.3) is 5.56 Å². The minimum atomic E-state index is -0.653. The second-order valence-electron chi connectivity index (χ2n) is 3.89. The van der Waals surface area contributed by atoms with Crippen LogP contribution in [0.4, 0.5) is 0 Å². The molecule has 1 aliphatic rings. The Bertz CT molecular complexity index is 633. The molecule has 3 rings (SSSR count). The van der Waals surface area contributed by atoms with Crippen molar-refractivity contribution in [3.05, 3.63) is 33.9 Å². The molecule has 0 amide bonds. The first kappa shape index (κ1) is 9.35. The molecule has 0 radical (unpaired) electrons. The number of fused-ring (bicyclic) bond motifs is 2. The number of ether oxygens (including phenoxy) is 1. The minimum Gasteiger partial charge on any atom is -0.490 e. The van der Waals surface area contributed by atoms with Gasteiger partial charge in [0.05, 0.1) is 10.9 Å². The van der Waals surface area contributed by atoms with Crippen molar-refractivity contribution in [1.82, 2.24) is 9.97 Å². The Morgan fingerprint density at radius 1 is 1.56 bits per heavy atom. The second-order valence-corrected chi connectivity index (χ2v) is 3.89. The van der Waals surface area contributed by atoms with Gasteiger partial charge in [-0.05, 0) is 13.0 Å². The molecule has 1 unspecified atom stereocenters. The maximum Gasteiger partial charge on any atom is 0.258 e. The SMILES string of the molecule is Cc1nc2cc3c(cc2c(=O)[nH]1)C(O)CO3. The molecule has 0 saturated carbocycles. The molecule has 0 aliphatic carbocycles. The standard InChI is InChI=1S/C11H10N2O3/c1-5-12-8-3-10-7(9(14)4-16-10)2-6(8)11(15)13-5/h2-3,9,14H,4H2,1H3,(H,12,13,15). The van der Waals surface area contributed by atoms with Gasteiger partial charge in [0, 0.05) is 11.6 Å². The zero-order valence-electron chi connectivity index (χ0n) is 8.65. The van der Waals surface area contributed by atoms with E-state index in [0.717, 1.165) is 0 Å². The van der Waals surface area contributed by atoms with E-state index in [1.165, 1.54) is 0 Å². The van der Waals surface area contributed by atoms with Gasteiger partial charge in [-0.3, -0.25) is 4.79 Å². The molecule has 0 spiro atoms. The predicted molar refractivity (Wildman–Crippen MR) is 57.6 cm³/mol. The quantitative estimate of drug-likeness (QED) is 0.681. The lowest BCUT2D eigenvalue weighted by molar-refractivity contribution is 0.140. The Morgan fingerprint density at radius 3 is 3.19 bits per heavy atom. The zero-order valence-corrected chi connectivity index (χ0v) is 8.65. The third kappa shape index (κ3) is 1.22. The summed E-state index contributed by atoms with van der Waals surface area (Å²) in [5.41, 5.74) is 1.06. The number of aromatic nitrogens is 2. The lowest BCUT2D eigenvalue weighted by atomic mass is 10.1. The van der Waals surface area contributed by atoms with Crippen molar-refractivity contribution in [2.45, 2.75) is 13.0 Å². The molecule has 2 aromatic rings. The van der Waals surface area contributed by atoms with Crippen LogP contribution in [-0.4, -0.2) is 21.7 Å². The van der Waals surface area contributed by atoms with Crippen LogP contribution < -0.4 is 10.3 Å². The maximum absolute atomic E-state index is 11.7. The number of H-pyrrole nitrogens is 1. The Hall–Kier alpha value is -1.88. The van der Waals surface area contributed by atoms with Crippen molar-refractivity contribution in [2.24, 2.45) is 0 Å². The van der Waals surface area contributed by atoms with E-state index in [9.17, 15) is 9.90 Å². The van der Waals surface area contributed by atoms with Crippen LogP contribution in [0.1, 0.15) is 17.5 Å². The fourth-order valence-electron chi connectivity index (χ4n) is 1.94. The number of rotatable bonds is 0. The van der Waals surface area contributed by atoms with E-state index in [1.807, 2.05) is 0 Å². The highest BCUT2D eigenvalue weighted by Crippen LogP contribution is 2.34. The summed E-state index contributed by atoms with van der Waals surface area (Å²) in [6, 6.07) is 3.34. The molecule has 16 heavy (non-hydrogen) atoms. The molecule has 1 atom stereocenters. The van der Waals surface area contributed by atoms with Gasteiger partial charge < -0.3 is 14.8 Å². The van der Waals surface area contributed by atoms with Crippen molar-refractivity contribution >= 4 is 10.9 Å². The average molecular weight is 218 g/mol. The van der Waals surface area contributed by atoms with Crippen LogP contribution in [0.2, 0.25) is 0 Å². The van der Waals surface area contributed by atoms with Crippen LogP contribution in [-0.2, 0) is 0 Å². The van der Waals surface area contributed by atoms with E-state index in [-0.39, 0.29) is 12.2 Å². The monoisotopic (exact) mass is 218 g/mol. The Morgan fingerprint density at radius 2 is 2.38 bits per heavy atom. The summed E-state index contributed by atoms with van der Waals surface area (Å²) in [6.07, 6.45) is -0.653. The first-order valence-corrected chi connectivity index (χ1v) is 5.00. The largest absolute Gasteiger partial charge is 0.490 e. The molecule has 1 aliphatic heterocycles. The minimum absolute atomic E-state index is 0.190. The average Bonchev–Trinajstić information content (AvgIpc) is 2.57. The van der Waals surface area contributed by atoms with E-state index in [2.05, 4.69) is 9.97 Å². The molecule has 2 N–H and O–H groups in total. The van der Waals surface area contributed by atoms with Gasteiger partial charge >= 0.3 is 0 Å². The van der Waals surface area contributed by atoms with E-state index in [1.54, 1.807) is 19.1 Å². The summed E-state index contributed by atoms with van der Waals surface area (Å²) in [7, 11) is 0. The van der Waals surface area contributed by atoms with Crippen LogP contribution in [0.3, 0.4) is 0 Å². The smallest absolute Gasteiger partial charge is 0.258 e. The summed E-state index contributed by atoms with van der Waals surface area (Å²) in [5.74, 6) is 1.17. The zero-order chi connectivity index (χ0) is 11.3. The van der Waals surface area contributed by atoms with Crippen LogP contribution in [0.5, 0.6) is 5.75 Å². The van der Waals surface area contributed by atoms with Crippen molar-refractivity contribution in [3.63, 3.8) is 0 Å². The van der Waals surface area contributed by atoms with Gasteiger partial charge in [0.1, 0.15) is 24.3 Å². The first-order chi connectivity index (χ1) is 7.65. The second kappa shape index (κ2) is 3.05. The fourth-order valence-corrected chi connectivity index (χ4v) is 1.94. The molecular formula is C11H10N2O3. The summed E-state index contributed by atoms with van der Waals surface area (Å²) in [6.45, 7) is 1.96. The van der Waals surface area contributed by atoms with Gasteiger partial charge in [-0.15, -0.1) is 0 Å². The third-order valence-electron chi connectivity index (χ3n) is 2.71. The van der Waals surface area contributed by atoms with Crippen molar-refractivity contribution < 1.29 is 9.84 Å². The van der Waals surface area contributed by atoms with Gasteiger partial charge in [0.2, 0.25) is 0 Å². The molecule has 82 valence electrons. The summed E-state index contributed by atoms with van der Waals surface area (Å²) >= 11 is 0. The van der Waals surface area contributed by atoms with Gasteiger partial charge in [-0.25, -0.2) is 4.98 Å². The fraction of sp³-hybridized carbons (Fsp3) is 0.273. The van der Waals surface area contributed by atoms with E-state index in [4.69, 9.17) is 4.74 Å². The van der Waals surface area contributed by atoms with Gasteiger partial charge in [-0.1, -0.05) is 0 Å². The van der Waals surface area contributed by atoms with Gasteiger partial charge in [-0.2, -0.15) is 0 Å². The van der Waals surface area contributed by atoms with Crippen LogP contribution in [0.15, 0.2) is 16.9 Å². The van der Waals surface area contributed by atoms with Crippen molar-refractivity contribution in [1.29, 1.82) is 0 Å². The summed E-state index contributed by atoms with van der Waals surface area (Å²) in [4.78, 5) is 18.5. The molecule has 0 fully saturated rings.